The molecule has 0 unspecified atom stereocenters. The number of nitrogens with zero attached hydrogens (tertiary/aromatic N) is 3. The zero-order valence-corrected chi connectivity index (χ0v) is 17.9. The van der Waals surface area contributed by atoms with Gasteiger partial charge in [-0.3, -0.25) is 0 Å². The summed E-state index contributed by atoms with van der Waals surface area (Å²) in [6.07, 6.45) is 4.38. The molecule has 0 N–H and O–H groups in total. The molecule has 1 aromatic heterocycles. The van der Waals surface area contributed by atoms with E-state index >= 15 is 0 Å². The molecular weight excluding hydrogens is 370 g/mol. The monoisotopic (exact) mass is 399 g/mol. The number of ether oxygens (including phenoxy) is 1. The molecule has 0 bridgehead atoms. The molecule has 154 valence electrons. The molecule has 1 saturated heterocycles. The highest BCUT2D eigenvalue weighted by atomic mass is 16.5. The third-order valence-corrected chi connectivity index (χ3v) is 6.49. The lowest BCUT2D eigenvalue weighted by Gasteiger charge is -2.35. The molecule has 0 atom stereocenters. The fourth-order valence-corrected chi connectivity index (χ4v) is 4.73. The Morgan fingerprint density at radius 2 is 1.83 bits per heavy atom. The molecule has 1 aliphatic heterocycles. The number of piperazine rings is 1. The summed E-state index contributed by atoms with van der Waals surface area (Å²) >= 11 is 0. The third kappa shape index (κ3) is 3.46. The lowest BCUT2D eigenvalue weighted by molar-refractivity contribution is 0.271. The van der Waals surface area contributed by atoms with E-state index in [-0.39, 0.29) is 0 Å². The molecule has 0 saturated carbocycles. The van der Waals surface area contributed by atoms with E-state index in [4.69, 9.17) is 9.72 Å². The van der Waals surface area contributed by atoms with E-state index in [0.717, 1.165) is 62.8 Å². The lowest BCUT2D eigenvalue weighted by Crippen LogP contribution is -2.46. The average molecular weight is 400 g/mol. The van der Waals surface area contributed by atoms with Gasteiger partial charge in [-0.2, -0.15) is 0 Å². The predicted molar refractivity (Wildman–Crippen MR) is 125 cm³/mol. The maximum atomic E-state index is 5.51. The van der Waals surface area contributed by atoms with Gasteiger partial charge in [0.05, 0.1) is 12.8 Å². The summed E-state index contributed by atoms with van der Waals surface area (Å²) in [5, 5.41) is 5.05. The first kappa shape index (κ1) is 19.1. The highest BCUT2D eigenvalue weighted by molar-refractivity contribution is 5.94. The number of benzene rings is 2. The van der Waals surface area contributed by atoms with Crippen molar-refractivity contribution in [2.45, 2.75) is 19.8 Å². The number of likely N-dealkylation sites (N-methyl/N-ethyl adjacent to an activating group) is 1. The first-order valence-electron chi connectivity index (χ1n) is 11.0. The summed E-state index contributed by atoms with van der Waals surface area (Å²) in [5.41, 5.74) is 2.43. The van der Waals surface area contributed by atoms with Crippen molar-refractivity contribution in [1.82, 2.24) is 9.88 Å². The lowest BCUT2D eigenvalue weighted by atomic mass is 9.95. The van der Waals surface area contributed by atoms with Crippen molar-refractivity contribution in [3.8, 4) is 5.75 Å². The van der Waals surface area contributed by atoms with Crippen LogP contribution in [-0.2, 0) is 0 Å². The molecule has 0 amide bonds. The van der Waals surface area contributed by atoms with Crippen molar-refractivity contribution in [3.05, 3.63) is 64.7 Å². The van der Waals surface area contributed by atoms with Gasteiger partial charge in [0.2, 0.25) is 0 Å². The van der Waals surface area contributed by atoms with Gasteiger partial charge in [0, 0.05) is 31.6 Å². The van der Waals surface area contributed by atoms with Gasteiger partial charge in [0.1, 0.15) is 11.6 Å². The minimum Gasteiger partial charge on any atom is -0.497 e. The van der Waals surface area contributed by atoms with Crippen LogP contribution in [0.3, 0.4) is 0 Å². The fourth-order valence-electron chi connectivity index (χ4n) is 4.73. The molecule has 30 heavy (non-hydrogen) atoms. The second kappa shape index (κ2) is 8.11. The summed E-state index contributed by atoms with van der Waals surface area (Å²) < 4.78 is 5.51. The van der Waals surface area contributed by atoms with Crippen LogP contribution in [0.15, 0.2) is 48.5 Å². The van der Waals surface area contributed by atoms with Crippen LogP contribution < -0.4 is 20.1 Å². The van der Waals surface area contributed by atoms with Gasteiger partial charge in [-0.1, -0.05) is 43.3 Å². The number of anilines is 1. The largest absolute Gasteiger partial charge is 0.497 e. The highest BCUT2D eigenvalue weighted by Crippen LogP contribution is 2.30. The standard InChI is InChI=1S/C26H29N3O/c1-3-28-13-15-29(16-14-28)26-22-9-5-4-7-20(22)17-25(27-26)23-10-6-8-19-11-12-21(30-2)18-24(19)23/h4-5,7-9,11-12,17-18H,3,6,10,13-16H2,1-2H3. The highest BCUT2D eigenvalue weighted by Gasteiger charge is 2.20. The summed E-state index contributed by atoms with van der Waals surface area (Å²) in [5.74, 6) is 2.03. The Labute approximate surface area is 178 Å². The van der Waals surface area contributed by atoms with E-state index in [0.29, 0.717) is 0 Å². The number of hydrogen-bond donors (Lipinski definition) is 0. The van der Waals surface area contributed by atoms with Crippen LogP contribution in [0.25, 0.3) is 22.4 Å². The van der Waals surface area contributed by atoms with Crippen molar-refractivity contribution in [3.63, 3.8) is 0 Å². The molecular formula is C26H29N3O. The van der Waals surface area contributed by atoms with Crippen LogP contribution in [0.2, 0.25) is 0 Å². The third-order valence-electron chi connectivity index (χ3n) is 6.49. The van der Waals surface area contributed by atoms with Crippen LogP contribution >= 0.6 is 0 Å². The zero-order chi connectivity index (χ0) is 20.5. The van der Waals surface area contributed by atoms with Gasteiger partial charge in [-0.25, -0.2) is 4.98 Å². The topological polar surface area (TPSA) is 28.6 Å². The van der Waals surface area contributed by atoms with Gasteiger partial charge >= 0.3 is 0 Å². The Kier molecular flexibility index (Phi) is 5.17. The maximum Gasteiger partial charge on any atom is 0.137 e. The molecule has 2 heterocycles. The molecule has 3 aromatic rings. The van der Waals surface area contributed by atoms with E-state index in [1.54, 1.807) is 7.11 Å². The van der Waals surface area contributed by atoms with Crippen molar-refractivity contribution >= 4 is 28.2 Å². The Balaban J connectivity index is 1.68. The second-order valence-electron chi connectivity index (χ2n) is 8.15. The molecule has 0 radical (unpaired) electrons. The maximum absolute atomic E-state index is 5.51. The Hall–Kier alpha value is -2.85. The molecule has 2 aliphatic rings. The Morgan fingerprint density at radius 3 is 2.63 bits per heavy atom. The molecule has 4 heteroatoms. The van der Waals surface area contributed by atoms with Crippen molar-refractivity contribution in [2.75, 3.05) is 44.7 Å². The SMILES string of the molecule is CCN1CCN(c2nc(C3=c4cc(OC)ccc4=CCC3)cc3ccccc23)CC1. The van der Waals surface area contributed by atoms with Crippen molar-refractivity contribution in [1.29, 1.82) is 0 Å². The number of aromatic nitrogens is 1. The van der Waals surface area contributed by atoms with Crippen LogP contribution in [-0.4, -0.2) is 49.7 Å². The van der Waals surface area contributed by atoms with Crippen LogP contribution in [0.5, 0.6) is 5.75 Å². The van der Waals surface area contributed by atoms with Gasteiger partial charge in [-0.05, 0) is 59.0 Å². The predicted octanol–water partition coefficient (Wildman–Crippen LogP) is 3.16. The molecule has 1 fully saturated rings. The smallest absolute Gasteiger partial charge is 0.137 e. The molecule has 5 rings (SSSR count). The van der Waals surface area contributed by atoms with Crippen molar-refractivity contribution in [2.24, 2.45) is 0 Å². The van der Waals surface area contributed by atoms with E-state index in [1.807, 2.05) is 6.07 Å². The summed E-state index contributed by atoms with van der Waals surface area (Å²) in [6, 6.07) is 17.3. The minimum absolute atomic E-state index is 0.901. The molecule has 0 spiro atoms. The summed E-state index contributed by atoms with van der Waals surface area (Å²) in [7, 11) is 1.73. The number of fused-ring (bicyclic) bond motifs is 2. The second-order valence-corrected chi connectivity index (χ2v) is 8.15. The van der Waals surface area contributed by atoms with E-state index < -0.39 is 0 Å². The normalized spacial score (nSPS) is 17.0. The first-order valence-corrected chi connectivity index (χ1v) is 11.0. The van der Waals surface area contributed by atoms with Crippen LogP contribution in [0, 0.1) is 0 Å². The Bertz CT molecular complexity index is 1190. The molecule has 1 aliphatic carbocycles. The number of hydrogen-bond acceptors (Lipinski definition) is 4. The number of methoxy groups -OCH3 is 1. The summed E-state index contributed by atoms with van der Waals surface area (Å²) in [6.45, 7) is 7.62. The van der Waals surface area contributed by atoms with Crippen LogP contribution in [0.1, 0.15) is 25.5 Å². The van der Waals surface area contributed by atoms with Crippen LogP contribution in [0.4, 0.5) is 5.82 Å². The van der Waals surface area contributed by atoms with E-state index in [1.165, 1.54) is 26.8 Å². The quantitative estimate of drug-likeness (QED) is 0.674. The van der Waals surface area contributed by atoms with Crippen molar-refractivity contribution < 1.29 is 4.74 Å². The van der Waals surface area contributed by atoms with E-state index in [9.17, 15) is 0 Å². The Morgan fingerprint density at radius 1 is 1.00 bits per heavy atom. The van der Waals surface area contributed by atoms with Gasteiger partial charge in [0.15, 0.2) is 0 Å². The minimum atomic E-state index is 0.901. The zero-order valence-electron chi connectivity index (χ0n) is 17.9. The number of pyridine rings is 1. The number of rotatable bonds is 4. The fraction of sp³-hybridized carbons (Fsp3) is 0.346. The van der Waals surface area contributed by atoms with Gasteiger partial charge in [0.25, 0.3) is 0 Å². The average Bonchev–Trinajstić information content (AvgIpc) is 2.82. The van der Waals surface area contributed by atoms with Gasteiger partial charge < -0.3 is 14.5 Å². The molecule has 4 nitrogen and oxygen atoms in total. The van der Waals surface area contributed by atoms with Gasteiger partial charge in [-0.15, -0.1) is 0 Å². The molecule has 2 aromatic carbocycles. The first-order chi connectivity index (χ1) is 14.8. The van der Waals surface area contributed by atoms with E-state index in [2.05, 4.69) is 65.3 Å². The summed E-state index contributed by atoms with van der Waals surface area (Å²) in [4.78, 5) is 10.3.